The van der Waals surface area contributed by atoms with Gasteiger partial charge in [0.1, 0.15) is 0 Å². The number of unbranched alkanes of at least 4 members (excludes halogenated alkanes) is 5. The maximum absolute atomic E-state index is 9.98. The molecule has 0 aromatic carbocycles. The molecule has 0 atom stereocenters. The summed E-state index contributed by atoms with van der Waals surface area (Å²) in [6.07, 6.45) is 6.96. The van der Waals surface area contributed by atoms with Crippen LogP contribution in [0.2, 0.25) is 0 Å². The van der Waals surface area contributed by atoms with E-state index in [0.717, 1.165) is 12.8 Å². The van der Waals surface area contributed by atoms with Crippen LogP contribution in [0.5, 0.6) is 0 Å². The van der Waals surface area contributed by atoms with Crippen molar-refractivity contribution in [3.8, 4) is 0 Å². The molecule has 100 valence electrons. The van der Waals surface area contributed by atoms with Gasteiger partial charge >= 0.3 is 23.1 Å². The van der Waals surface area contributed by atoms with Crippen LogP contribution in [0, 0.1) is 0 Å². The van der Waals surface area contributed by atoms with Gasteiger partial charge in [0.05, 0.1) is 5.97 Å². The zero-order valence-electron chi connectivity index (χ0n) is 11.5. The second kappa shape index (κ2) is 16.4. The number of aliphatic carboxylic acids is 2. The fourth-order valence-corrected chi connectivity index (χ4v) is 1.05. The van der Waals surface area contributed by atoms with Crippen molar-refractivity contribution in [2.45, 2.75) is 58.8 Å². The third-order valence-electron chi connectivity index (χ3n) is 2.08. The number of carboxylic acids is 2. The first-order chi connectivity index (χ1) is 7.91. The van der Waals surface area contributed by atoms with E-state index in [1.165, 1.54) is 32.6 Å². The molecule has 0 amide bonds. The fourth-order valence-electron chi connectivity index (χ4n) is 1.05. The Labute approximate surface area is 126 Å². The van der Waals surface area contributed by atoms with Crippen LogP contribution in [0.3, 0.4) is 0 Å². The van der Waals surface area contributed by atoms with E-state index in [1.54, 1.807) is 0 Å². The number of carbonyl (C=O) groups excluding carboxylic acids is 2. The van der Waals surface area contributed by atoms with Crippen molar-refractivity contribution in [2.75, 3.05) is 0 Å². The second-order valence-corrected chi connectivity index (χ2v) is 3.96. The van der Waals surface area contributed by atoms with Crippen LogP contribution in [0.15, 0.2) is 12.2 Å². The van der Waals surface area contributed by atoms with Gasteiger partial charge in [0, 0.05) is 5.97 Å². The first-order valence-corrected chi connectivity index (χ1v) is 5.98. The van der Waals surface area contributed by atoms with E-state index in [0.29, 0.717) is 0 Å². The third kappa shape index (κ3) is 24.6. The summed E-state index contributed by atoms with van der Waals surface area (Å²) in [4.78, 5) is 19.5. The molecular weight excluding hydrogens is 244 g/mol. The molecule has 0 fully saturated rings. The van der Waals surface area contributed by atoms with Gasteiger partial charge in [0.2, 0.25) is 0 Å². The molecule has 0 aliphatic carbocycles. The minimum Gasteiger partial charge on any atom is -0.550 e. The molecule has 18 heavy (non-hydrogen) atoms. The van der Waals surface area contributed by atoms with Crippen LogP contribution in [-0.4, -0.2) is 35.0 Å². The van der Waals surface area contributed by atoms with Crippen molar-refractivity contribution in [1.82, 2.24) is 0 Å². The molecule has 0 aromatic rings. The Morgan fingerprint density at radius 2 is 1.39 bits per heavy atom. The Hall–Kier alpha value is -0.554. The van der Waals surface area contributed by atoms with E-state index in [2.05, 4.69) is 13.5 Å². The van der Waals surface area contributed by atoms with Gasteiger partial charge in [-0.2, -0.15) is 0 Å². The summed E-state index contributed by atoms with van der Waals surface area (Å²) in [5, 5.41) is 19.5. The van der Waals surface area contributed by atoms with Gasteiger partial charge < -0.3 is 19.8 Å². The van der Waals surface area contributed by atoms with Gasteiger partial charge in [-0.25, -0.2) is 0 Å². The second-order valence-electron chi connectivity index (χ2n) is 3.96. The summed E-state index contributed by atoms with van der Waals surface area (Å²) in [7, 11) is 0. The van der Waals surface area contributed by atoms with Crippen LogP contribution in [0.4, 0.5) is 0 Å². The van der Waals surface area contributed by atoms with Gasteiger partial charge in [-0.3, -0.25) is 0 Å². The molecule has 0 N–H and O–H groups in total. The SMILES string of the molecule is C=C(C)C(=O)[O-].CCCCCCCCC(=O)[O-].[Mg+2]. The molecule has 0 heterocycles. The Morgan fingerprint density at radius 1 is 1.00 bits per heavy atom. The largest absolute Gasteiger partial charge is 2.00 e. The minimum atomic E-state index is -1.19. The maximum Gasteiger partial charge on any atom is 2.00 e. The smallest absolute Gasteiger partial charge is 0.550 e. The molecule has 0 radical (unpaired) electrons. The normalized spacial score (nSPS) is 8.56. The number of rotatable bonds is 8. The van der Waals surface area contributed by atoms with E-state index in [4.69, 9.17) is 0 Å². The quantitative estimate of drug-likeness (QED) is 0.362. The molecule has 0 saturated heterocycles. The first-order valence-electron chi connectivity index (χ1n) is 5.98. The van der Waals surface area contributed by atoms with E-state index in [1.807, 2.05) is 0 Å². The first kappa shape index (κ1) is 22.6. The molecule has 5 heteroatoms. The van der Waals surface area contributed by atoms with Gasteiger partial charge in [-0.15, -0.1) is 0 Å². The van der Waals surface area contributed by atoms with Crippen molar-refractivity contribution < 1.29 is 19.8 Å². The Balaban J connectivity index is -0.000000277. The molecular formula is C13H22MgO4. The molecule has 4 nitrogen and oxygen atoms in total. The van der Waals surface area contributed by atoms with Crippen LogP contribution in [0.1, 0.15) is 58.8 Å². The van der Waals surface area contributed by atoms with Crippen LogP contribution >= 0.6 is 0 Å². The minimum absolute atomic E-state index is 0. The zero-order valence-corrected chi connectivity index (χ0v) is 12.9. The molecule has 0 aromatic heterocycles. The number of carboxylic acid groups (broad SMARTS) is 2. The van der Waals surface area contributed by atoms with Gasteiger partial charge in [0.15, 0.2) is 0 Å². The van der Waals surface area contributed by atoms with Crippen LogP contribution in [0.25, 0.3) is 0 Å². The predicted octanol–water partition coefficient (Wildman–Crippen LogP) is 0.418. The van der Waals surface area contributed by atoms with E-state index in [9.17, 15) is 19.8 Å². The molecule has 0 unspecified atom stereocenters. The summed E-state index contributed by atoms with van der Waals surface area (Å²) in [6, 6.07) is 0. The third-order valence-corrected chi connectivity index (χ3v) is 2.08. The summed E-state index contributed by atoms with van der Waals surface area (Å²) < 4.78 is 0. The average Bonchev–Trinajstić information content (AvgIpc) is 2.23. The number of hydrogen-bond donors (Lipinski definition) is 0. The molecule has 0 spiro atoms. The van der Waals surface area contributed by atoms with Crippen LogP contribution in [-0.2, 0) is 9.59 Å². The summed E-state index contributed by atoms with van der Waals surface area (Å²) >= 11 is 0. The van der Waals surface area contributed by atoms with Gasteiger partial charge in [-0.05, 0) is 25.3 Å². The monoisotopic (exact) mass is 266 g/mol. The van der Waals surface area contributed by atoms with Crippen molar-refractivity contribution in [1.29, 1.82) is 0 Å². The van der Waals surface area contributed by atoms with E-state index in [-0.39, 0.29) is 35.0 Å². The maximum atomic E-state index is 9.98. The van der Waals surface area contributed by atoms with E-state index >= 15 is 0 Å². The van der Waals surface area contributed by atoms with Crippen molar-refractivity contribution in [3.05, 3.63) is 12.2 Å². The Morgan fingerprint density at radius 3 is 1.72 bits per heavy atom. The fraction of sp³-hybridized carbons (Fsp3) is 0.692. The molecule has 0 bridgehead atoms. The summed E-state index contributed by atoms with van der Waals surface area (Å²) in [6.45, 7) is 6.64. The average molecular weight is 267 g/mol. The molecule has 0 saturated carbocycles. The molecule has 0 aliphatic heterocycles. The van der Waals surface area contributed by atoms with Crippen molar-refractivity contribution >= 4 is 35.0 Å². The van der Waals surface area contributed by atoms with Crippen LogP contribution < -0.4 is 10.2 Å². The topological polar surface area (TPSA) is 80.3 Å². The predicted molar refractivity (Wildman–Crippen MR) is 68.6 cm³/mol. The van der Waals surface area contributed by atoms with Crippen molar-refractivity contribution in [2.24, 2.45) is 0 Å². The zero-order chi connectivity index (χ0) is 13.7. The summed E-state index contributed by atoms with van der Waals surface area (Å²) in [5.74, 6) is -2.10. The molecule has 0 rings (SSSR count). The van der Waals surface area contributed by atoms with Crippen molar-refractivity contribution in [3.63, 3.8) is 0 Å². The van der Waals surface area contributed by atoms with Gasteiger partial charge in [-0.1, -0.05) is 45.6 Å². The molecule has 0 aliphatic rings. The van der Waals surface area contributed by atoms with E-state index < -0.39 is 11.9 Å². The standard InChI is InChI=1S/C9H18O2.C4H6O2.Mg/c1-2-3-4-5-6-7-8-9(10)11;1-3(2)4(5)6;/h2-8H2,1H3,(H,10,11);1H2,2H3,(H,5,6);/q;;+2/p-2. The van der Waals surface area contributed by atoms with Gasteiger partial charge in [0.25, 0.3) is 0 Å². The number of hydrogen-bond acceptors (Lipinski definition) is 4. The summed E-state index contributed by atoms with van der Waals surface area (Å²) in [5.41, 5.74) is 0.0648. The number of carbonyl (C=O) groups is 2. The Bertz CT molecular complexity index is 227. The Kier molecular flexibility index (Phi) is 20.7.